The summed E-state index contributed by atoms with van der Waals surface area (Å²) in [5, 5.41) is 4.09. The maximum atomic E-state index is 12.5. The lowest BCUT2D eigenvalue weighted by Crippen LogP contribution is -2.62. The standard InChI is InChI=1S/C17H26N2O3S/c1-21-9-7-19-8-10-22-14-17(19)3-5-18(6-4-17)16(20)12-15-2-11-23-13-15/h2,11,13H,3-10,12,14H2,1H3. The molecule has 1 aromatic rings. The minimum atomic E-state index is 0.0932. The second-order valence-corrected chi connectivity index (χ2v) is 7.23. The van der Waals surface area contributed by atoms with Crippen LogP contribution in [0.2, 0.25) is 0 Å². The summed E-state index contributed by atoms with van der Waals surface area (Å²) in [5.41, 5.74) is 1.22. The van der Waals surface area contributed by atoms with Gasteiger partial charge in [0.05, 0.1) is 26.2 Å². The highest BCUT2D eigenvalue weighted by atomic mass is 32.1. The van der Waals surface area contributed by atoms with Crippen molar-refractivity contribution in [2.45, 2.75) is 24.8 Å². The van der Waals surface area contributed by atoms with Crippen LogP contribution in [0.15, 0.2) is 16.8 Å². The Morgan fingerprint density at radius 3 is 2.91 bits per heavy atom. The predicted molar refractivity (Wildman–Crippen MR) is 90.8 cm³/mol. The summed E-state index contributed by atoms with van der Waals surface area (Å²) >= 11 is 1.65. The van der Waals surface area contributed by atoms with Crippen LogP contribution in [0.3, 0.4) is 0 Å². The summed E-state index contributed by atoms with van der Waals surface area (Å²) in [6, 6.07) is 2.04. The van der Waals surface area contributed by atoms with Crippen LogP contribution < -0.4 is 0 Å². The number of methoxy groups -OCH3 is 1. The first-order chi connectivity index (χ1) is 11.2. The van der Waals surface area contributed by atoms with Crippen LogP contribution in [0.5, 0.6) is 0 Å². The average Bonchev–Trinajstić information content (AvgIpc) is 3.08. The summed E-state index contributed by atoms with van der Waals surface area (Å²) in [6.07, 6.45) is 2.51. The fraction of sp³-hybridized carbons (Fsp3) is 0.706. The van der Waals surface area contributed by atoms with Crippen LogP contribution in [0, 0.1) is 0 Å². The molecular formula is C17H26N2O3S. The summed E-state index contributed by atoms with van der Waals surface area (Å²) in [4.78, 5) is 17.0. The van der Waals surface area contributed by atoms with Gasteiger partial charge in [0.1, 0.15) is 0 Å². The van der Waals surface area contributed by atoms with Gasteiger partial charge in [-0.3, -0.25) is 9.69 Å². The van der Waals surface area contributed by atoms with Gasteiger partial charge in [-0.2, -0.15) is 11.3 Å². The number of amides is 1. The quantitative estimate of drug-likeness (QED) is 0.818. The smallest absolute Gasteiger partial charge is 0.227 e. The van der Waals surface area contributed by atoms with E-state index in [0.29, 0.717) is 6.42 Å². The molecule has 0 atom stereocenters. The zero-order chi connectivity index (χ0) is 16.1. The van der Waals surface area contributed by atoms with Gasteiger partial charge in [-0.15, -0.1) is 0 Å². The largest absolute Gasteiger partial charge is 0.383 e. The lowest BCUT2D eigenvalue weighted by atomic mass is 9.85. The average molecular weight is 338 g/mol. The zero-order valence-corrected chi connectivity index (χ0v) is 14.6. The zero-order valence-electron chi connectivity index (χ0n) is 13.8. The number of hydrogen-bond donors (Lipinski definition) is 0. The summed E-state index contributed by atoms with van der Waals surface area (Å²) in [5.74, 6) is 0.249. The van der Waals surface area contributed by atoms with E-state index in [-0.39, 0.29) is 11.4 Å². The number of morpholine rings is 1. The van der Waals surface area contributed by atoms with Crippen molar-refractivity contribution in [3.8, 4) is 0 Å². The molecule has 3 heterocycles. The van der Waals surface area contributed by atoms with Crippen molar-refractivity contribution in [3.63, 3.8) is 0 Å². The molecule has 23 heavy (non-hydrogen) atoms. The van der Waals surface area contributed by atoms with Crippen LogP contribution in [-0.2, 0) is 20.7 Å². The van der Waals surface area contributed by atoms with E-state index in [9.17, 15) is 4.79 Å². The Morgan fingerprint density at radius 2 is 2.22 bits per heavy atom. The molecule has 3 rings (SSSR count). The van der Waals surface area contributed by atoms with Gasteiger partial charge in [-0.1, -0.05) is 0 Å². The Labute approximate surface area is 142 Å². The maximum absolute atomic E-state index is 12.5. The Hall–Kier alpha value is -0.950. The molecule has 0 N–H and O–H groups in total. The summed E-state index contributed by atoms with van der Waals surface area (Å²) < 4.78 is 11.0. The molecule has 2 aliphatic rings. The lowest BCUT2D eigenvalue weighted by molar-refractivity contribution is -0.138. The maximum Gasteiger partial charge on any atom is 0.227 e. The molecular weight excluding hydrogens is 312 g/mol. The van der Waals surface area contributed by atoms with Gasteiger partial charge in [0.2, 0.25) is 5.91 Å². The normalized spacial score (nSPS) is 21.7. The van der Waals surface area contributed by atoms with Crippen molar-refractivity contribution in [1.82, 2.24) is 9.80 Å². The number of hydrogen-bond acceptors (Lipinski definition) is 5. The van der Waals surface area contributed by atoms with Gasteiger partial charge in [-0.05, 0) is 35.2 Å². The van der Waals surface area contributed by atoms with Crippen molar-refractivity contribution in [1.29, 1.82) is 0 Å². The fourth-order valence-electron chi connectivity index (χ4n) is 3.63. The molecule has 0 bridgehead atoms. The van der Waals surface area contributed by atoms with E-state index in [4.69, 9.17) is 9.47 Å². The Morgan fingerprint density at radius 1 is 1.39 bits per heavy atom. The van der Waals surface area contributed by atoms with Gasteiger partial charge < -0.3 is 14.4 Å². The molecule has 1 aromatic heterocycles. The van der Waals surface area contributed by atoms with Crippen LogP contribution in [0.25, 0.3) is 0 Å². The topological polar surface area (TPSA) is 42.0 Å². The van der Waals surface area contributed by atoms with Crippen LogP contribution in [0.1, 0.15) is 18.4 Å². The van der Waals surface area contributed by atoms with E-state index < -0.39 is 0 Å². The number of ether oxygens (including phenoxy) is 2. The van der Waals surface area contributed by atoms with E-state index in [1.54, 1.807) is 18.4 Å². The highest BCUT2D eigenvalue weighted by Gasteiger charge is 2.42. The van der Waals surface area contributed by atoms with Gasteiger partial charge in [0, 0.05) is 38.8 Å². The molecule has 0 aromatic carbocycles. The first-order valence-corrected chi connectivity index (χ1v) is 9.28. The third kappa shape index (κ3) is 3.94. The van der Waals surface area contributed by atoms with Gasteiger partial charge in [-0.25, -0.2) is 0 Å². The molecule has 2 fully saturated rings. The highest BCUT2D eigenvalue weighted by Crippen LogP contribution is 2.32. The molecule has 5 nitrogen and oxygen atoms in total. The number of likely N-dealkylation sites (tertiary alicyclic amines) is 1. The predicted octanol–water partition coefficient (Wildman–Crippen LogP) is 1.63. The molecule has 128 valence electrons. The van der Waals surface area contributed by atoms with Crippen molar-refractivity contribution < 1.29 is 14.3 Å². The molecule has 6 heteroatoms. The van der Waals surface area contributed by atoms with E-state index >= 15 is 0 Å². The van der Waals surface area contributed by atoms with Crippen molar-refractivity contribution >= 4 is 17.2 Å². The molecule has 0 saturated carbocycles. The summed E-state index contributed by atoms with van der Waals surface area (Å²) in [7, 11) is 1.75. The Bertz CT molecular complexity index is 498. The second-order valence-electron chi connectivity index (χ2n) is 6.45. The van der Waals surface area contributed by atoms with Crippen LogP contribution in [-0.4, -0.2) is 74.4 Å². The number of piperidine rings is 1. The van der Waals surface area contributed by atoms with Crippen molar-refractivity contribution in [2.24, 2.45) is 0 Å². The highest BCUT2D eigenvalue weighted by molar-refractivity contribution is 7.07. The van der Waals surface area contributed by atoms with Crippen LogP contribution in [0.4, 0.5) is 0 Å². The van der Waals surface area contributed by atoms with Gasteiger partial charge in [0.25, 0.3) is 0 Å². The fourth-order valence-corrected chi connectivity index (χ4v) is 4.30. The third-order valence-corrected chi connectivity index (χ3v) is 5.83. The number of nitrogens with zero attached hydrogens (tertiary/aromatic N) is 2. The minimum absolute atomic E-state index is 0.0932. The second kappa shape index (κ2) is 7.75. The van der Waals surface area contributed by atoms with Crippen molar-refractivity contribution in [2.75, 3.05) is 53.1 Å². The SMILES string of the molecule is COCCN1CCOCC12CCN(C(=O)Cc1ccsc1)CC2. The number of thiophene rings is 1. The number of rotatable bonds is 5. The monoisotopic (exact) mass is 338 g/mol. The minimum Gasteiger partial charge on any atom is -0.383 e. The first kappa shape index (κ1) is 16.9. The molecule has 1 spiro atoms. The van der Waals surface area contributed by atoms with Gasteiger partial charge in [0.15, 0.2) is 0 Å². The number of carbonyl (C=O) groups is 1. The molecule has 0 unspecified atom stereocenters. The molecule has 1 amide bonds. The van der Waals surface area contributed by atoms with E-state index in [2.05, 4.69) is 10.3 Å². The Balaban J connectivity index is 1.56. The first-order valence-electron chi connectivity index (χ1n) is 8.34. The van der Waals surface area contributed by atoms with E-state index in [0.717, 1.165) is 64.4 Å². The molecule has 0 radical (unpaired) electrons. The lowest BCUT2D eigenvalue weighted by Gasteiger charge is -2.51. The molecule has 2 saturated heterocycles. The van der Waals surface area contributed by atoms with Crippen molar-refractivity contribution in [3.05, 3.63) is 22.4 Å². The van der Waals surface area contributed by atoms with E-state index in [1.165, 1.54) is 0 Å². The Kier molecular flexibility index (Phi) is 5.69. The summed E-state index contributed by atoms with van der Waals surface area (Å²) in [6.45, 7) is 5.90. The van der Waals surface area contributed by atoms with Gasteiger partial charge >= 0.3 is 0 Å². The third-order valence-electron chi connectivity index (χ3n) is 5.09. The van der Waals surface area contributed by atoms with E-state index in [1.807, 2.05) is 16.3 Å². The number of carbonyl (C=O) groups excluding carboxylic acids is 1. The molecule has 2 aliphatic heterocycles. The van der Waals surface area contributed by atoms with Crippen LogP contribution >= 0.6 is 11.3 Å². The molecule has 0 aliphatic carbocycles.